The van der Waals surface area contributed by atoms with Gasteiger partial charge in [-0.25, -0.2) is 0 Å². The van der Waals surface area contributed by atoms with Gasteiger partial charge < -0.3 is 5.73 Å². The number of hydrogen-bond acceptors (Lipinski definition) is 2. The van der Waals surface area contributed by atoms with Crippen LogP contribution in [0.15, 0.2) is 12.6 Å². The van der Waals surface area contributed by atoms with E-state index in [1.807, 2.05) is 11.7 Å². The Morgan fingerprint density at radius 1 is 1.57 bits per heavy atom. The van der Waals surface area contributed by atoms with Crippen LogP contribution in [0.5, 0.6) is 0 Å². The predicted octanol–water partition coefficient (Wildman–Crippen LogP) is 1.69. The summed E-state index contributed by atoms with van der Waals surface area (Å²) in [6.07, 6.45) is 0. The Morgan fingerprint density at radius 2 is 2.14 bits per heavy atom. The molecule has 0 spiro atoms. The lowest BCUT2D eigenvalue weighted by atomic mass is 9.92. The summed E-state index contributed by atoms with van der Waals surface area (Å²) in [6.45, 7) is 10.8. The van der Waals surface area contributed by atoms with Gasteiger partial charge in [0.25, 0.3) is 0 Å². The van der Waals surface area contributed by atoms with Crippen LogP contribution in [0.4, 0.5) is 0 Å². The molecule has 0 unspecified atom stereocenters. The summed E-state index contributed by atoms with van der Waals surface area (Å²) >= 11 is 0. The lowest BCUT2D eigenvalue weighted by Gasteiger charge is -2.13. The van der Waals surface area contributed by atoms with Crippen LogP contribution < -0.4 is 5.73 Å². The third kappa shape index (κ3) is 2.04. The van der Waals surface area contributed by atoms with Gasteiger partial charge >= 0.3 is 0 Å². The number of nitrogens with zero attached hydrogens (tertiary/aromatic N) is 2. The Morgan fingerprint density at radius 3 is 2.50 bits per heavy atom. The first-order valence-corrected chi connectivity index (χ1v) is 4.79. The van der Waals surface area contributed by atoms with E-state index in [9.17, 15) is 0 Å². The third-order valence-corrected chi connectivity index (χ3v) is 2.26. The average molecular weight is 193 g/mol. The molecule has 1 aromatic rings. The molecule has 0 atom stereocenters. The smallest absolute Gasteiger partial charge is 0.0684 e. The summed E-state index contributed by atoms with van der Waals surface area (Å²) in [5.74, 6) is 0. The first kappa shape index (κ1) is 11.0. The van der Waals surface area contributed by atoms with Crippen LogP contribution in [0, 0.1) is 0 Å². The lowest BCUT2D eigenvalue weighted by Crippen LogP contribution is -2.12. The lowest BCUT2D eigenvalue weighted by molar-refractivity contribution is 0.552. The van der Waals surface area contributed by atoms with E-state index in [-0.39, 0.29) is 5.41 Å². The van der Waals surface area contributed by atoms with Crippen molar-refractivity contribution in [1.82, 2.24) is 9.78 Å². The van der Waals surface area contributed by atoms with Gasteiger partial charge in [-0.05, 0) is 11.6 Å². The van der Waals surface area contributed by atoms with Gasteiger partial charge in [-0.3, -0.25) is 4.68 Å². The number of nitrogens with two attached hydrogens (primary N) is 1. The second kappa shape index (κ2) is 3.58. The van der Waals surface area contributed by atoms with Gasteiger partial charge in [0, 0.05) is 19.0 Å². The van der Waals surface area contributed by atoms with Gasteiger partial charge in [0.15, 0.2) is 0 Å². The number of aromatic nitrogens is 2. The van der Waals surface area contributed by atoms with E-state index in [2.05, 4.69) is 38.5 Å². The highest BCUT2D eigenvalue weighted by Crippen LogP contribution is 2.23. The van der Waals surface area contributed by atoms with Crippen molar-refractivity contribution in [3.63, 3.8) is 0 Å². The van der Waals surface area contributed by atoms with Crippen molar-refractivity contribution in [2.75, 3.05) is 6.54 Å². The minimum Gasteiger partial charge on any atom is -0.326 e. The molecule has 0 aliphatic rings. The van der Waals surface area contributed by atoms with Crippen molar-refractivity contribution < 1.29 is 0 Å². The molecule has 0 bridgehead atoms. The SMILES string of the molecule is C=C(CN)c1cc(C(C)(C)C)nn1C. The van der Waals surface area contributed by atoms with E-state index < -0.39 is 0 Å². The first-order chi connectivity index (χ1) is 6.36. The summed E-state index contributed by atoms with van der Waals surface area (Å²) in [6, 6.07) is 2.06. The maximum absolute atomic E-state index is 5.55. The Balaban J connectivity index is 3.12. The minimum atomic E-state index is 0.0743. The quantitative estimate of drug-likeness (QED) is 0.776. The van der Waals surface area contributed by atoms with Crippen molar-refractivity contribution in [1.29, 1.82) is 0 Å². The zero-order valence-electron chi connectivity index (χ0n) is 9.46. The molecular weight excluding hydrogens is 174 g/mol. The molecule has 1 aromatic heterocycles. The van der Waals surface area contributed by atoms with E-state index in [0.29, 0.717) is 6.54 Å². The third-order valence-electron chi connectivity index (χ3n) is 2.26. The van der Waals surface area contributed by atoms with E-state index in [1.54, 1.807) is 0 Å². The van der Waals surface area contributed by atoms with Crippen LogP contribution in [0.1, 0.15) is 32.2 Å². The molecule has 2 N–H and O–H groups in total. The van der Waals surface area contributed by atoms with E-state index in [0.717, 1.165) is 17.0 Å². The summed E-state index contributed by atoms with van der Waals surface area (Å²) in [5, 5.41) is 4.45. The van der Waals surface area contributed by atoms with E-state index >= 15 is 0 Å². The molecule has 0 amide bonds. The van der Waals surface area contributed by atoms with E-state index in [1.165, 1.54) is 0 Å². The van der Waals surface area contributed by atoms with Crippen LogP contribution in [-0.4, -0.2) is 16.3 Å². The summed E-state index contributed by atoms with van der Waals surface area (Å²) in [7, 11) is 1.92. The highest BCUT2D eigenvalue weighted by molar-refractivity contribution is 5.62. The predicted molar refractivity (Wildman–Crippen MR) is 60.0 cm³/mol. The molecule has 1 rings (SSSR count). The molecule has 78 valence electrons. The van der Waals surface area contributed by atoms with Crippen LogP contribution in [-0.2, 0) is 12.5 Å². The van der Waals surface area contributed by atoms with E-state index in [4.69, 9.17) is 5.73 Å². The van der Waals surface area contributed by atoms with Crippen molar-refractivity contribution >= 4 is 5.57 Å². The molecule has 3 heteroatoms. The maximum Gasteiger partial charge on any atom is 0.0684 e. The molecule has 0 saturated heterocycles. The van der Waals surface area contributed by atoms with Crippen molar-refractivity contribution in [2.24, 2.45) is 12.8 Å². The van der Waals surface area contributed by atoms with Crippen molar-refractivity contribution in [2.45, 2.75) is 26.2 Å². The standard InChI is InChI=1S/C11H19N3/c1-8(7-12)9-6-10(11(2,3)4)13-14(9)5/h6H,1,7,12H2,2-5H3. The average Bonchev–Trinajstić information content (AvgIpc) is 2.45. The topological polar surface area (TPSA) is 43.8 Å². The Kier molecular flexibility index (Phi) is 2.81. The van der Waals surface area contributed by atoms with Gasteiger partial charge in [0.2, 0.25) is 0 Å². The Bertz CT molecular complexity index is 342. The number of rotatable bonds is 2. The summed E-state index contributed by atoms with van der Waals surface area (Å²) in [5.41, 5.74) is 8.65. The van der Waals surface area contributed by atoms with Gasteiger partial charge in [-0.15, -0.1) is 0 Å². The highest BCUT2D eigenvalue weighted by Gasteiger charge is 2.19. The summed E-state index contributed by atoms with van der Waals surface area (Å²) in [4.78, 5) is 0. The Labute approximate surface area is 85.6 Å². The maximum atomic E-state index is 5.55. The molecular formula is C11H19N3. The second-order valence-electron chi connectivity index (χ2n) is 4.60. The molecule has 14 heavy (non-hydrogen) atoms. The van der Waals surface area contributed by atoms with Gasteiger partial charge in [-0.1, -0.05) is 27.4 Å². The fraction of sp³-hybridized carbons (Fsp3) is 0.545. The molecule has 3 nitrogen and oxygen atoms in total. The van der Waals surface area contributed by atoms with Crippen molar-refractivity contribution in [3.8, 4) is 0 Å². The zero-order valence-corrected chi connectivity index (χ0v) is 9.46. The van der Waals surface area contributed by atoms with Gasteiger partial charge in [0.1, 0.15) is 0 Å². The van der Waals surface area contributed by atoms with Crippen LogP contribution in [0.25, 0.3) is 5.57 Å². The fourth-order valence-electron chi connectivity index (χ4n) is 1.27. The molecule has 0 radical (unpaired) electrons. The zero-order chi connectivity index (χ0) is 10.9. The molecule has 0 aromatic carbocycles. The van der Waals surface area contributed by atoms with Gasteiger partial charge in [-0.2, -0.15) is 5.10 Å². The largest absolute Gasteiger partial charge is 0.326 e. The van der Waals surface area contributed by atoms with Gasteiger partial charge in [0.05, 0.1) is 11.4 Å². The summed E-state index contributed by atoms with van der Waals surface area (Å²) < 4.78 is 1.84. The molecule has 0 fully saturated rings. The van der Waals surface area contributed by atoms with Crippen LogP contribution in [0.2, 0.25) is 0 Å². The molecule has 0 aliphatic heterocycles. The molecule has 0 saturated carbocycles. The normalized spacial score (nSPS) is 11.8. The van der Waals surface area contributed by atoms with Crippen molar-refractivity contribution in [3.05, 3.63) is 24.0 Å². The fourth-order valence-corrected chi connectivity index (χ4v) is 1.27. The minimum absolute atomic E-state index is 0.0743. The first-order valence-electron chi connectivity index (χ1n) is 4.79. The highest BCUT2D eigenvalue weighted by atomic mass is 15.3. The molecule has 1 heterocycles. The number of hydrogen-bond donors (Lipinski definition) is 1. The second-order valence-corrected chi connectivity index (χ2v) is 4.60. The molecule has 0 aliphatic carbocycles. The Hall–Kier alpha value is -1.09. The van der Waals surface area contributed by atoms with Crippen LogP contribution in [0.3, 0.4) is 0 Å². The number of aryl methyl sites for hydroxylation is 1. The van der Waals surface area contributed by atoms with Crippen LogP contribution >= 0.6 is 0 Å². The monoisotopic (exact) mass is 193 g/mol.